The van der Waals surface area contributed by atoms with Crippen molar-refractivity contribution in [3.05, 3.63) is 30.8 Å². The molecule has 0 unspecified atom stereocenters. The number of ether oxygens (including phenoxy) is 2. The lowest BCUT2D eigenvalue weighted by atomic mass is 10.2. The zero-order valence-electron chi connectivity index (χ0n) is 9.91. The van der Waals surface area contributed by atoms with E-state index in [1.54, 1.807) is 14.2 Å². The number of hydrogen-bond donors (Lipinski definition) is 0. The summed E-state index contributed by atoms with van der Waals surface area (Å²) in [5, 5.41) is 0. The zero-order valence-corrected chi connectivity index (χ0v) is 9.91. The number of quaternary nitrogens is 1. The molecule has 3 heteroatoms. The summed E-state index contributed by atoms with van der Waals surface area (Å²) in [4.78, 5) is 0. The molecule has 0 aliphatic heterocycles. The van der Waals surface area contributed by atoms with E-state index in [4.69, 9.17) is 9.47 Å². The van der Waals surface area contributed by atoms with E-state index in [0.717, 1.165) is 23.6 Å². The Morgan fingerprint density at radius 2 is 1.53 bits per heavy atom. The van der Waals surface area contributed by atoms with Crippen molar-refractivity contribution in [2.24, 2.45) is 0 Å². The van der Waals surface area contributed by atoms with Gasteiger partial charge in [-0.1, -0.05) is 0 Å². The number of nitrogens with zero attached hydrogens (tertiary/aromatic N) is 1. The Morgan fingerprint density at radius 3 is 1.87 bits per heavy atom. The third-order valence-corrected chi connectivity index (χ3v) is 2.02. The van der Waals surface area contributed by atoms with E-state index in [-0.39, 0.29) is 0 Å². The molecular formula is C12H19NO2. The van der Waals surface area contributed by atoms with Crippen LogP contribution < -0.4 is 9.47 Å². The molecule has 1 aromatic carbocycles. The summed E-state index contributed by atoms with van der Waals surface area (Å²) in [7, 11) is 11.4. The summed E-state index contributed by atoms with van der Waals surface area (Å²) in [6.07, 6.45) is 0. The van der Waals surface area contributed by atoms with Gasteiger partial charge in [0, 0.05) is 25.7 Å². The minimum absolute atomic E-state index is 0.635. The van der Waals surface area contributed by atoms with E-state index < -0.39 is 0 Å². The number of rotatable bonds is 4. The highest BCUT2D eigenvalue weighted by Gasteiger charge is 2.07. The number of benzene rings is 1. The molecule has 0 aliphatic rings. The van der Waals surface area contributed by atoms with Crippen molar-refractivity contribution in [1.82, 2.24) is 0 Å². The molecule has 0 saturated carbocycles. The van der Waals surface area contributed by atoms with Crippen molar-refractivity contribution in [3.8, 4) is 11.5 Å². The van der Waals surface area contributed by atoms with Crippen LogP contribution >= 0.6 is 0 Å². The lowest BCUT2D eigenvalue weighted by Crippen LogP contribution is -2.30. The largest absolute Gasteiger partial charge is 0.497 e. The maximum absolute atomic E-state index is 5.20. The van der Waals surface area contributed by atoms with Crippen LogP contribution in [-0.4, -0.2) is 32.8 Å². The molecular weight excluding hydrogens is 190 g/mol. The van der Waals surface area contributed by atoms with Crippen LogP contribution in [0, 0.1) is 7.05 Å². The molecule has 0 N–H and O–H groups in total. The van der Waals surface area contributed by atoms with Gasteiger partial charge in [0.25, 0.3) is 0 Å². The second-order valence-electron chi connectivity index (χ2n) is 4.31. The molecule has 84 valence electrons. The van der Waals surface area contributed by atoms with Gasteiger partial charge in [-0.05, 0) is 12.1 Å². The summed E-state index contributed by atoms with van der Waals surface area (Å²) in [5.41, 5.74) is 1.16. The quantitative estimate of drug-likeness (QED) is 0.558. The minimum atomic E-state index is 0.635. The van der Waals surface area contributed by atoms with E-state index in [0.29, 0.717) is 4.48 Å². The lowest BCUT2D eigenvalue weighted by molar-refractivity contribution is -0.859. The van der Waals surface area contributed by atoms with Crippen molar-refractivity contribution >= 4 is 0 Å². The lowest BCUT2D eigenvalue weighted by Gasteiger charge is -2.32. The Morgan fingerprint density at radius 1 is 1.07 bits per heavy atom. The molecule has 0 bridgehead atoms. The molecule has 0 spiro atoms. The fourth-order valence-corrected chi connectivity index (χ4v) is 1.45. The fourth-order valence-electron chi connectivity index (χ4n) is 1.45. The van der Waals surface area contributed by atoms with Gasteiger partial charge >= 0.3 is 0 Å². The zero-order chi connectivity index (χ0) is 11.5. The summed E-state index contributed by atoms with van der Waals surface area (Å²) < 4.78 is 11.0. The standard InChI is InChI=1S/C12H19NO2/c1-13(2,3)9-10-6-11(14-4)8-12(7-10)15-5/h6-8H,1,9H2,2-5H3. The average molecular weight is 209 g/mol. The van der Waals surface area contributed by atoms with Crippen LogP contribution in [0.1, 0.15) is 5.56 Å². The maximum Gasteiger partial charge on any atom is 0.123 e. The monoisotopic (exact) mass is 209 g/mol. The summed E-state index contributed by atoms with van der Waals surface area (Å²) >= 11 is 0. The predicted molar refractivity (Wildman–Crippen MR) is 60.7 cm³/mol. The van der Waals surface area contributed by atoms with Crippen molar-refractivity contribution in [3.63, 3.8) is 0 Å². The molecule has 0 saturated heterocycles. The Kier molecular flexibility index (Phi) is 3.58. The number of hydrogen-bond acceptors (Lipinski definition) is 2. The van der Waals surface area contributed by atoms with Crippen molar-refractivity contribution < 1.29 is 14.0 Å². The van der Waals surface area contributed by atoms with Gasteiger partial charge in [0.1, 0.15) is 11.5 Å². The highest BCUT2D eigenvalue weighted by Crippen LogP contribution is 2.23. The molecule has 0 fully saturated rings. The van der Waals surface area contributed by atoms with Crippen LogP contribution in [0.4, 0.5) is 0 Å². The SMILES string of the molecule is [CH2-][N+](C)(C)Cc1cc(OC)cc(OC)c1. The van der Waals surface area contributed by atoms with Gasteiger partial charge in [-0.3, -0.25) is 0 Å². The topological polar surface area (TPSA) is 18.5 Å². The predicted octanol–water partition coefficient (Wildman–Crippen LogP) is 2.07. The highest BCUT2D eigenvalue weighted by molar-refractivity contribution is 5.38. The first kappa shape index (κ1) is 11.9. The van der Waals surface area contributed by atoms with Crippen molar-refractivity contribution in [1.29, 1.82) is 0 Å². The van der Waals surface area contributed by atoms with E-state index >= 15 is 0 Å². The Hall–Kier alpha value is -1.22. The van der Waals surface area contributed by atoms with Crippen LogP contribution in [0.25, 0.3) is 0 Å². The molecule has 3 nitrogen and oxygen atoms in total. The minimum Gasteiger partial charge on any atom is -0.497 e. The van der Waals surface area contributed by atoms with Gasteiger partial charge in [0.2, 0.25) is 0 Å². The molecule has 0 radical (unpaired) electrons. The van der Waals surface area contributed by atoms with E-state index in [9.17, 15) is 0 Å². The fraction of sp³-hybridized carbons (Fsp3) is 0.417. The van der Waals surface area contributed by atoms with Gasteiger partial charge in [-0.15, -0.1) is 7.05 Å². The molecule has 15 heavy (non-hydrogen) atoms. The smallest absolute Gasteiger partial charge is 0.123 e. The molecule has 0 amide bonds. The van der Waals surface area contributed by atoms with Gasteiger partial charge < -0.3 is 14.0 Å². The van der Waals surface area contributed by atoms with Gasteiger partial charge in [0.05, 0.1) is 20.8 Å². The van der Waals surface area contributed by atoms with Crippen molar-refractivity contribution in [2.45, 2.75) is 6.54 Å². The summed E-state index contributed by atoms with van der Waals surface area (Å²) in [6.45, 7) is 0.841. The van der Waals surface area contributed by atoms with E-state index in [2.05, 4.69) is 7.05 Å². The average Bonchev–Trinajstić information content (AvgIpc) is 2.14. The van der Waals surface area contributed by atoms with E-state index in [1.165, 1.54) is 0 Å². The molecule has 0 aromatic heterocycles. The first-order valence-electron chi connectivity index (χ1n) is 4.84. The summed E-state index contributed by atoms with van der Waals surface area (Å²) in [6, 6.07) is 5.88. The third kappa shape index (κ3) is 3.80. The molecule has 0 aliphatic carbocycles. The van der Waals surface area contributed by atoms with Gasteiger partial charge in [0.15, 0.2) is 0 Å². The Balaban J connectivity index is 2.97. The second kappa shape index (κ2) is 4.53. The molecule has 1 rings (SSSR count). The van der Waals surface area contributed by atoms with Gasteiger partial charge in [-0.2, -0.15) is 0 Å². The number of methoxy groups -OCH3 is 2. The second-order valence-corrected chi connectivity index (χ2v) is 4.31. The van der Waals surface area contributed by atoms with Gasteiger partial charge in [-0.25, -0.2) is 0 Å². The van der Waals surface area contributed by atoms with Crippen LogP contribution in [0.3, 0.4) is 0 Å². The van der Waals surface area contributed by atoms with Crippen molar-refractivity contribution in [2.75, 3.05) is 28.3 Å². The maximum atomic E-state index is 5.20. The van der Waals surface area contributed by atoms with Crippen LogP contribution in [-0.2, 0) is 6.54 Å². The Labute approximate surface area is 91.8 Å². The molecule has 1 aromatic rings. The highest BCUT2D eigenvalue weighted by atomic mass is 16.5. The molecule has 0 atom stereocenters. The van der Waals surface area contributed by atoms with E-state index in [1.807, 2.05) is 32.3 Å². The van der Waals surface area contributed by atoms with Crippen LogP contribution in [0.2, 0.25) is 0 Å². The van der Waals surface area contributed by atoms with Crippen LogP contribution in [0.5, 0.6) is 11.5 Å². The molecule has 0 heterocycles. The normalized spacial score (nSPS) is 11.3. The van der Waals surface area contributed by atoms with Crippen LogP contribution in [0.15, 0.2) is 18.2 Å². The summed E-state index contributed by atoms with van der Waals surface area (Å²) in [5.74, 6) is 1.63. The third-order valence-electron chi connectivity index (χ3n) is 2.02. The Bertz CT molecular complexity index is 307. The first-order valence-corrected chi connectivity index (χ1v) is 4.84. The first-order chi connectivity index (χ1) is 6.94.